The van der Waals surface area contributed by atoms with E-state index in [-0.39, 0.29) is 11.6 Å². The molecule has 0 radical (unpaired) electrons. The Bertz CT molecular complexity index is 1390. The number of tetrazole rings is 1. The second-order valence-electron chi connectivity index (χ2n) is 10.6. The first kappa shape index (κ1) is 25.3. The Hall–Kier alpha value is -3.32. The molecule has 2 aromatic carbocycles. The van der Waals surface area contributed by atoms with E-state index < -0.39 is 0 Å². The van der Waals surface area contributed by atoms with Crippen LogP contribution in [-0.2, 0) is 13.0 Å². The third kappa shape index (κ3) is 5.67. The molecule has 1 unspecified atom stereocenters. The number of aromatic nitrogens is 5. The molecule has 37 heavy (non-hydrogen) atoms. The summed E-state index contributed by atoms with van der Waals surface area (Å²) in [6.07, 6.45) is 7.76. The van der Waals surface area contributed by atoms with E-state index in [0.717, 1.165) is 54.5 Å². The molecular weight excluding hydrogens is 460 g/mol. The third-order valence-electron chi connectivity index (χ3n) is 8.00. The van der Waals surface area contributed by atoms with E-state index in [1.807, 2.05) is 6.07 Å². The molecule has 1 aliphatic rings. The van der Waals surface area contributed by atoms with Crippen LogP contribution in [0.5, 0.6) is 0 Å². The molecule has 1 atom stereocenters. The SMILES string of the molecule is CCC(c1nnnn1C1CCCCC1)N(CCc1ccccc1)Cc1cc2cc(C)c(C)cc2[nH]c1=O. The largest absolute Gasteiger partial charge is 0.322 e. The van der Waals surface area contributed by atoms with Gasteiger partial charge in [0.25, 0.3) is 5.56 Å². The Morgan fingerprint density at radius 3 is 2.57 bits per heavy atom. The number of fused-ring (bicyclic) bond motifs is 1. The van der Waals surface area contributed by atoms with Gasteiger partial charge in [-0.3, -0.25) is 9.69 Å². The Balaban J connectivity index is 1.49. The molecule has 1 N–H and O–H groups in total. The fourth-order valence-corrected chi connectivity index (χ4v) is 5.73. The highest BCUT2D eigenvalue weighted by Gasteiger charge is 2.29. The quantitative estimate of drug-likeness (QED) is 0.314. The number of aryl methyl sites for hydroxylation is 2. The van der Waals surface area contributed by atoms with Gasteiger partial charge in [0.15, 0.2) is 5.82 Å². The number of aromatic amines is 1. The number of H-pyrrole nitrogens is 1. The fraction of sp³-hybridized carbons (Fsp3) is 0.467. The average Bonchev–Trinajstić information content (AvgIpc) is 3.40. The lowest BCUT2D eigenvalue weighted by Gasteiger charge is -2.32. The van der Waals surface area contributed by atoms with Crippen molar-refractivity contribution in [1.29, 1.82) is 0 Å². The zero-order valence-corrected chi connectivity index (χ0v) is 22.3. The summed E-state index contributed by atoms with van der Waals surface area (Å²) in [5, 5.41) is 14.2. The summed E-state index contributed by atoms with van der Waals surface area (Å²) >= 11 is 0. The van der Waals surface area contributed by atoms with Crippen LogP contribution in [0.15, 0.2) is 53.3 Å². The molecule has 0 aliphatic heterocycles. The minimum absolute atomic E-state index is 0.0236. The number of rotatable bonds is 9. The average molecular weight is 499 g/mol. The summed E-state index contributed by atoms with van der Waals surface area (Å²) < 4.78 is 2.08. The molecular formula is C30H38N6O. The van der Waals surface area contributed by atoms with Gasteiger partial charge in [-0.25, -0.2) is 4.68 Å². The van der Waals surface area contributed by atoms with E-state index in [2.05, 4.69) is 93.3 Å². The third-order valence-corrected chi connectivity index (χ3v) is 8.00. The molecule has 1 fully saturated rings. The molecule has 0 saturated heterocycles. The first-order valence-electron chi connectivity index (χ1n) is 13.7. The minimum atomic E-state index is -0.0258. The molecule has 7 nitrogen and oxygen atoms in total. The number of pyridine rings is 1. The van der Waals surface area contributed by atoms with Crippen molar-refractivity contribution in [2.24, 2.45) is 0 Å². The lowest BCUT2D eigenvalue weighted by atomic mass is 9.95. The molecule has 194 valence electrons. The first-order chi connectivity index (χ1) is 18.0. The normalized spacial score (nSPS) is 15.5. The molecule has 5 rings (SSSR count). The van der Waals surface area contributed by atoms with Gasteiger partial charge < -0.3 is 4.98 Å². The van der Waals surface area contributed by atoms with Gasteiger partial charge in [0, 0.05) is 24.2 Å². The number of hydrogen-bond donors (Lipinski definition) is 1. The van der Waals surface area contributed by atoms with Crippen LogP contribution < -0.4 is 5.56 Å². The predicted molar refractivity (Wildman–Crippen MR) is 148 cm³/mol. The van der Waals surface area contributed by atoms with Crippen LogP contribution >= 0.6 is 0 Å². The monoisotopic (exact) mass is 498 g/mol. The summed E-state index contributed by atoms with van der Waals surface area (Å²) in [5.74, 6) is 0.922. The van der Waals surface area contributed by atoms with E-state index in [9.17, 15) is 4.79 Å². The number of nitrogens with zero attached hydrogens (tertiary/aromatic N) is 5. The zero-order chi connectivity index (χ0) is 25.8. The van der Waals surface area contributed by atoms with Crippen molar-refractivity contribution in [3.63, 3.8) is 0 Å². The molecule has 0 spiro atoms. The van der Waals surface area contributed by atoms with E-state index in [4.69, 9.17) is 0 Å². The summed E-state index contributed by atoms with van der Waals surface area (Å²) in [6.45, 7) is 7.74. The molecule has 4 aromatic rings. The molecule has 7 heteroatoms. The van der Waals surface area contributed by atoms with E-state index in [1.54, 1.807) is 0 Å². The van der Waals surface area contributed by atoms with Gasteiger partial charge in [0.05, 0.1) is 12.1 Å². The van der Waals surface area contributed by atoms with Gasteiger partial charge in [-0.05, 0) is 90.2 Å². The van der Waals surface area contributed by atoms with Crippen LogP contribution in [0.25, 0.3) is 10.9 Å². The highest BCUT2D eigenvalue weighted by atomic mass is 16.1. The van der Waals surface area contributed by atoms with Crippen molar-refractivity contribution in [2.45, 2.75) is 84.3 Å². The number of hydrogen-bond acceptors (Lipinski definition) is 5. The van der Waals surface area contributed by atoms with E-state index >= 15 is 0 Å². The second kappa shape index (κ2) is 11.4. The maximum Gasteiger partial charge on any atom is 0.252 e. The minimum Gasteiger partial charge on any atom is -0.322 e. The molecule has 0 bridgehead atoms. The standard InChI is InChI=1S/C30H38N6O/c1-4-28(29-32-33-34-36(29)26-13-9-6-10-14-26)35(16-15-23-11-7-5-8-12-23)20-25-19-24-17-21(2)22(3)18-27(24)31-30(25)37/h5,7-8,11-12,17-19,26,28H,4,6,9-10,13-16,20H2,1-3H3,(H,31,37). The Kier molecular flexibility index (Phi) is 7.79. The smallest absolute Gasteiger partial charge is 0.252 e. The summed E-state index contributed by atoms with van der Waals surface area (Å²) in [7, 11) is 0. The lowest BCUT2D eigenvalue weighted by Crippen LogP contribution is -2.35. The molecule has 2 heterocycles. The number of benzene rings is 2. The van der Waals surface area contributed by atoms with Gasteiger partial charge in [-0.1, -0.05) is 56.5 Å². The van der Waals surface area contributed by atoms with Crippen molar-refractivity contribution in [3.8, 4) is 0 Å². The van der Waals surface area contributed by atoms with Gasteiger partial charge >= 0.3 is 0 Å². The first-order valence-corrected chi connectivity index (χ1v) is 13.7. The lowest BCUT2D eigenvalue weighted by molar-refractivity contribution is 0.165. The maximum atomic E-state index is 13.2. The van der Waals surface area contributed by atoms with Crippen molar-refractivity contribution in [2.75, 3.05) is 6.54 Å². The van der Waals surface area contributed by atoms with Crippen LogP contribution in [0.2, 0.25) is 0 Å². The van der Waals surface area contributed by atoms with Crippen molar-refractivity contribution in [1.82, 2.24) is 30.1 Å². The summed E-state index contributed by atoms with van der Waals surface area (Å²) in [4.78, 5) is 18.8. The Morgan fingerprint density at radius 2 is 1.81 bits per heavy atom. The second-order valence-corrected chi connectivity index (χ2v) is 10.6. The maximum absolute atomic E-state index is 13.2. The van der Waals surface area contributed by atoms with E-state index in [0.29, 0.717) is 12.6 Å². The zero-order valence-electron chi connectivity index (χ0n) is 22.3. The fourth-order valence-electron chi connectivity index (χ4n) is 5.73. The highest BCUT2D eigenvalue weighted by Crippen LogP contribution is 2.32. The van der Waals surface area contributed by atoms with Gasteiger partial charge in [0.2, 0.25) is 0 Å². The van der Waals surface area contributed by atoms with Gasteiger partial charge in [0.1, 0.15) is 0 Å². The molecule has 2 aromatic heterocycles. The topological polar surface area (TPSA) is 79.7 Å². The van der Waals surface area contributed by atoms with Crippen LogP contribution in [0, 0.1) is 13.8 Å². The highest BCUT2D eigenvalue weighted by molar-refractivity contribution is 5.80. The van der Waals surface area contributed by atoms with Crippen LogP contribution in [0.3, 0.4) is 0 Å². The number of nitrogens with one attached hydrogen (secondary N) is 1. The van der Waals surface area contributed by atoms with Crippen molar-refractivity contribution < 1.29 is 0 Å². The van der Waals surface area contributed by atoms with Crippen LogP contribution in [0.1, 0.15) is 85.6 Å². The molecule has 1 aliphatic carbocycles. The predicted octanol–water partition coefficient (Wildman–Crippen LogP) is 5.83. The summed E-state index contributed by atoms with van der Waals surface area (Å²) in [6, 6.07) is 17.2. The van der Waals surface area contributed by atoms with Crippen LogP contribution in [0.4, 0.5) is 0 Å². The Morgan fingerprint density at radius 1 is 1.05 bits per heavy atom. The van der Waals surface area contributed by atoms with Gasteiger partial charge in [-0.2, -0.15) is 0 Å². The molecule has 0 amide bonds. The summed E-state index contributed by atoms with van der Waals surface area (Å²) in [5.41, 5.74) is 5.33. The van der Waals surface area contributed by atoms with E-state index in [1.165, 1.54) is 36.0 Å². The molecule has 1 saturated carbocycles. The van der Waals surface area contributed by atoms with Crippen molar-refractivity contribution >= 4 is 10.9 Å². The van der Waals surface area contributed by atoms with Crippen molar-refractivity contribution in [3.05, 3.63) is 87.0 Å². The van der Waals surface area contributed by atoms with Gasteiger partial charge in [-0.15, -0.1) is 5.10 Å². The Labute approximate surface area is 218 Å². The van der Waals surface area contributed by atoms with Crippen LogP contribution in [-0.4, -0.2) is 36.6 Å².